The summed E-state index contributed by atoms with van der Waals surface area (Å²) in [6.07, 6.45) is 0.517. The van der Waals surface area contributed by atoms with Crippen LogP contribution in [0.15, 0.2) is 54.6 Å². The molecule has 3 rings (SSSR count). The van der Waals surface area contributed by atoms with Crippen LogP contribution in [-0.2, 0) is 11.2 Å². The number of piperazine rings is 1. The van der Waals surface area contributed by atoms with Gasteiger partial charge in [0.1, 0.15) is 0 Å². The van der Waals surface area contributed by atoms with E-state index in [0.29, 0.717) is 43.2 Å². The van der Waals surface area contributed by atoms with Crippen molar-refractivity contribution in [3.05, 3.63) is 70.7 Å². The van der Waals surface area contributed by atoms with E-state index in [4.69, 9.17) is 17.3 Å². The first-order valence-corrected chi connectivity index (χ1v) is 9.05. The third-order valence-electron chi connectivity index (χ3n) is 4.59. The van der Waals surface area contributed by atoms with Crippen molar-refractivity contribution in [1.29, 1.82) is 0 Å². The molecule has 6 heteroatoms. The Balaban J connectivity index is 1.53. The summed E-state index contributed by atoms with van der Waals surface area (Å²) in [5.74, 6) is -0.102. The van der Waals surface area contributed by atoms with Gasteiger partial charge in [-0.05, 0) is 36.2 Å². The molecule has 1 fully saturated rings. The summed E-state index contributed by atoms with van der Waals surface area (Å²) in [6.45, 7) is 2.01. The van der Waals surface area contributed by atoms with E-state index in [1.807, 2.05) is 30.3 Å². The number of hydrogen-bond acceptors (Lipinski definition) is 3. The molecular weight excluding hydrogens is 350 g/mol. The highest BCUT2D eigenvalue weighted by atomic mass is 35.5. The minimum atomic E-state index is -0.559. The van der Waals surface area contributed by atoms with Gasteiger partial charge in [-0.1, -0.05) is 41.9 Å². The van der Waals surface area contributed by atoms with Crippen LogP contribution in [0, 0.1) is 0 Å². The topological polar surface area (TPSA) is 66.6 Å². The highest BCUT2D eigenvalue weighted by Gasteiger charge is 2.27. The predicted molar refractivity (Wildman–Crippen MR) is 102 cm³/mol. The molecule has 2 aromatic rings. The normalized spacial score (nSPS) is 15.6. The van der Waals surface area contributed by atoms with Crippen molar-refractivity contribution in [3.63, 3.8) is 0 Å². The molecule has 136 valence electrons. The Bertz CT molecular complexity index is 756. The molecule has 0 spiro atoms. The first-order valence-electron chi connectivity index (χ1n) is 8.68. The maximum Gasteiger partial charge on any atom is 0.253 e. The van der Waals surface area contributed by atoms with E-state index in [1.165, 1.54) is 0 Å². The number of carbonyl (C=O) groups excluding carboxylic acids is 2. The summed E-state index contributed by atoms with van der Waals surface area (Å²) in [5.41, 5.74) is 7.75. The van der Waals surface area contributed by atoms with Gasteiger partial charge in [0, 0.05) is 36.8 Å². The van der Waals surface area contributed by atoms with E-state index in [-0.39, 0.29) is 11.8 Å². The smallest absolute Gasteiger partial charge is 0.253 e. The molecule has 1 aliphatic rings. The molecule has 26 heavy (non-hydrogen) atoms. The molecule has 0 bridgehead atoms. The summed E-state index contributed by atoms with van der Waals surface area (Å²) in [4.78, 5) is 28.6. The zero-order valence-electron chi connectivity index (χ0n) is 14.5. The van der Waals surface area contributed by atoms with Gasteiger partial charge < -0.3 is 15.5 Å². The fourth-order valence-electron chi connectivity index (χ4n) is 3.09. The Hall–Kier alpha value is -2.37. The minimum absolute atomic E-state index is 0.0395. The van der Waals surface area contributed by atoms with Gasteiger partial charge in [-0.15, -0.1) is 0 Å². The van der Waals surface area contributed by atoms with Gasteiger partial charge in [-0.2, -0.15) is 0 Å². The van der Waals surface area contributed by atoms with Crippen LogP contribution in [0.25, 0.3) is 0 Å². The molecule has 2 N–H and O–H groups in total. The molecule has 2 aromatic carbocycles. The Labute approximate surface area is 158 Å². The van der Waals surface area contributed by atoms with E-state index < -0.39 is 6.04 Å². The Morgan fingerprint density at radius 2 is 1.50 bits per heavy atom. The average molecular weight is 372 g/mol. The maximum absolute atomic E-state index is 12.6. The van der Waals surface area contributed by atoms with Crippen molar-refractivity contribution >= 4 is 23.4 Å². The molecule has 5 nitrogen and oxygen atoms in total. The van der Waals surface area contributed by atoms with Gasteiger partial charge in [0.25, 0.3) is 5.91 Å². The van der Waals surface area contributed by atoms with Crippen LogP contribution in [0.4, 0.5) is 0 Å². The number of rotatable bonds is 4. The van der Waals surface area contributed by atoms with Gasteiger partial charge in [-0.25, -0.2) is 0 Å². The first-order chi connectivity index (χ1) is 12.5. The van der Waals surface area contributed by atoms with Gasteiger partial charge in [0.15, 0.2) is 0 Å². The van der Waals surface area contributed by atoms with E-state index in [1.54, 1.807) is 34.1 Å². The molecule has 0 aliphatic carbocycles. The van der Waals surface area contributed by atoms with Crippen LogP contribution < -0.4 is 5.73 Å². The number of benzene rings is 2. The lowest BCUT2D eigenvalue weighted by atomic mass is 10.1. The third kappa shape index (κ3) is 4.42. The summed E-state index contributed by atoms with van der Waals surface area (Å²) < 4.78 is 0. The van der Waals surface area contributed by atoms with Crippen LogP contribution in [0.3, 0.4) is 0 Å². The minimum Gasteiger partial charge on any atom is -0.338 e. The van der Waals surface area contributed by atoms with Crippen molar-refractivity contribution in [2.45, 2.75) is 12.5 Å². The largest absolute Gasteiger partial charge is 0.338 e. The second-order valence-electron chi connectivity index (χ2n) is 6.42. The van der Waals surface area contributed by atoms with Crippen molar-refractivity contribution in [2.24, 2.45) is 5.73 Å². The lowest BCUT2D eigenvalue weighted by molar-refractivity contribution is -0.134. The number of hydrogen-bond donors (Lipinski definition) is 1. The second-order valence-corrected chi connectivity index (χ2v) is 6.86. The SMILES string of the molecule is NC(Cc1ccccc1)C(=O)N1CCN(C(=O)c2ccc(Cl)cc2)CC1. The summed E-state index contributed by atoms with van der Waals surface area (Å²) in [5, 5.41) is 0.601. The molecule has 0 radical (unpaired) electrons. The quantitative estimate of drug-likeness (QED) is 0.895. The first kappa shape index (κ1) is 18.4. The van der Waals surface area contributed by atoms with Crippen molar-refractivity contribution in [1.82, 2.24) is 9.80 Å². The Kier molecular flexibility index (Phi) is 5.91. The van der Waals surface area contributed by atoms with E-state index in [2.05, 4.69) is 0 Å². The van der Waals surface area contributed by atoms with E-state index in [9.17, 15) is 9.59 Å². The highest BCUT2D eigenvalue weighted by molar-refractivity contribution is 6.30. The average Bonchev–Trinajstić information content (AvgIpc) is 2.68. The van der Waals surface area contributed by atoms with Gasteiger partial charge >= 0.3 is 0 Å². The maximum atomic E-state index is 12.6. The fraction of sp³-hybridized carbons (Fsp3) is 0.300. The van der Waals surface area contributed by atoms with Crippen LogP contribution >= 0.6 is 11.6 Å². The molecule has 0 saturated carbocycles. The molecule has 0 aromatic heterocycles. The van der Waals surface area contributed by atoms with Gasteiger partial charge in [0.2, 0.25) is 5.91 Å². The van der Waals surface area contributed by atoms with E-state index in [0.717, 1.165) is 5.56 Å². The zero-order valence-corrected chi connectivity index (χ0v) is 15.2. The monoisotopic (exact) mass is 371 g/mol. The molecular formula is C20H22ClN3O2. The van der Waals surface area contributed by atoms with Crippen LogP contribution in [0.5, 0.6) is 0 Å². The Morgan fingerprint density at radius 1 is 0.923 bits per heavy atom. The van der Waals surface area contributed by atoms with Crippen LogP contribution in [0.2, 0.25) is 5.02 Å². The fourth-order valence-corrected chi connectivity index (χ4v) is 3.22. The summed E-state index contributed by atoms with van der Waals surface area (Å²) >= 11 is 5.86. The highest BCUT2D eigenvalue weighted by Crippen LogP contribution is 2.14. The van der Waals surface area contributed by atoms with Crippen molar-refractivity contribution in [2.75, 3.05) is 26.2 Å². The van der Waals surface area contributed by atoms with Gasteiger partial charge in [-0.3, -0.25) is 9.59 Å². The molecule has 1 atom stereocenters. The summed E-state index contributed by atoms with van der Waals surface area (Å²) in [6, 6.07) is 16.0. The van der Waals surface area contributed by atoms with Crippen LogP contribution in [-0.4, -0.2) is 53.8 Å². The summed E-state index contributed by atoms with van der Waals surface area (Å²) in [7, 11) is 0. The standard InChI is InChI=1S/C20H22ClN3O2/c21-17-8-6-16(7-9-17)19(25)23-10-12-24(13-11-23)20(26)18(22)14-15-4-2-1-3-5-15/h1-9,18H,10-14,22H2. The lowest BCUT2D eigenvalue weighted by Crippen LogP contribution is -2.54. The number of carbonyl (C=O) groups is 2. The Morgan fingerprint density at radius 3 is 2.12 bits per heavy atom. The molecule has 1 saturated heterocycles. The van der Waals surface area contributed by atoms with Crippen molar-refractivity contribution in [3.8, 4) is 0 Å². The lowest BCUT2D eigenvalue weighted by Gasteiger charge is -2.36. The second kappa shape index (κ2) is 8.34. The number of halogens is 1. The molecule has 1 aliphatic heterocycles. The predicted octanol–water partition coefficient (Wildman–Crippen LogP) is 2.19. The van der Waals surface area contributed by atoms with Gasteiger partial charge in [0.05, 0.1) is 6.04 Å². The van der Waals surface area contributed by atoms with Crippen molar-refractivity contribution < 1.29 is 9.59 Å². The molecule has 1 heterocycles. The molecule has 2 amide bonds. The molecule has 1 unspecified atom stereocenters. The number of nitrogens with two attached hydrogens (primary N) is 1. The zero-order chi connectivity index (χ0) is 18.5. The van der Waals surface area contributed by atoms with E-state index >= 15 is 0 Å². The van der Waals surface area contributed by atoms with Crippen LogP contribution in [0.1, 0.15) is 15.9 Å². The third-order valence-corrected chi connectivity index (χ3v) is 4.84. The number of amides is 2. The number of nitrogens with zero attached hydrogens (tertiary/aromatic N) is 2.